The Bertz CT molecular complexity index is 1010. The van der Waals surface area contributed by atoms with Crippen LogP contribution in [0.15, 0.2) is 59.5 Å². The quantitative estimate of drug-likeness (QED) is 0.338. The Morgan fingerprint density at radius 2 is 1.76 bits per heavy atom. The molecule has 29 heavy (non-hydrogen) atoms. The predicted octanol–water partition coefficient (Wildman–Crippen LogP) is 3.04. The first-order valence-electron chi connectivity index (χ1n) is 8.62. The van der Waals surface area contributed by atoms with Crippen molar-refractivity contribution in [1.82, 2.24) is 9.97 Å². The summed E-state index contributed by atoms with van der Waals surface area (Å²) in [5.41, 5.74) is 11.4. The number of nitrogens with two attached hydrogens (primary N) is 2. The van der Waals surface area contributed by atoms with E-state index >= 15 is 0 Å². The molecule has 7 nitrogen and oxygen atoms in total. The first kappa shape index (κ1) is 21.5. The largest absolute Gasteiger partial charge is 0.398 e. The van der Waals surface area contributed by atoms with Gasteiger partial charge in [-0.25, -0.2) is 23.7 Å². The van der Waals surface area contributed by atoms with Crippen molar-refractivity contribution in [3.05, 3.63) is 77.5 Å². The second-order valence-electron chi connectivity index (χ2n) is 6.31. The highest BCUT2D eigenvalue weighted by Crippen LogP contribution is 2.21. The van der Waals surface area contributed by atoms with Crippen molar-refractivity contribution < 1.29 is 8.78 Å². The number of aliphatic imine (C=N–C) groups is 1. The van der Waals surface area contributed by atoms with Gasteiger partial charge in [0.05, 0.1) is 11.3 Å². The van der Waals surface area contributed by atoms with E-state index < -0.39 is 11.6 Å². The molecule has 2 rings (SSSR count). The van der Waals surface area contributed by atoms with Crippen LogP contribution in [0.1, 0.15) is 25.2 Å². The number of nitrogens with zero attached hydrogens (tertiary/aromatic N) is 3. The van der Waals surface area contributed by atoms with E-state index in [-0.39, 0.29) is 46.0 Å². The van der Waals surface area contributed by atoms with Crippen molar-refractivity contribution in [2.75, 3.05) is 0 Å². The predicted molar refractivity (Wildman–Crippen MR) is 110 cm³/mol. The maximum atomic E-state index is 14.2. The van der Waals surface area contributed by atoms with Crippen LogP contribution in [-0.2, 0) is 0 Å². The minimum Gasteiger partial charge on any atom is -0.398 e. The third-order valence-electron chi connectivity index (χ3n) is 3.79. The molecule has 0 unspecified atom stereocenters. The topological polar surface area (TPSA) is 138 Å². The molecule has 0 saturated carbocycles. The standard InChI is InChI=1S/C20H21F2N7/c1-11(2)19(26)29-16(24)7-6-15(23)17(20-27-8-3-9-28-20)18(25)13-5-4-12(21)10-14(13)22/h3-11,25H,23H2,1-2H3,(H3,24,26,29)/b7-6-,17-15-,25-18?. The Morgan fingerprint density at radius 1 is 1.10 bits per heavy atom. The highest BCUT2D eigenvalue weighted by molar-refractivity contribution is 6.30. The van der Waals surface area contributed by atoms with Gasteiger partial charge in [0.15, 0.2) is 5.82 Å². The van der Waals surface area contributed by atoms with E-state index in [0.717, 1.165) is 12.1 Å². The summed E-state index contributed by atoms with van der Waals surface area (Å²) in [5, 5.41) is 16.3. The Balaban J connectivity index is 2.50. The Kier molecular flexibility index (Phi) is 7.02. The molecule has 0 aliphatic rings. The number of amidine groups is 2. The van der Waals surface area contributed by atoms with Crippen molar-refractivity contribution in [2.24, 2.45) is 22.4 Å². The average Bonchev–Trinajstić information content (AvgIpc) is 2.67. The summed E-state index contributed by atoms with van der Waals surface area (Å²) in [6, 6.07) is 4.44. The molecule has 0 spiro atoms. The van der Waals surface area contributed by atoms with Crippen LogP contribution in [0.5, 0.6) is 0 Å². The fraction of sp³-hybridized carbons (Fsp3) is 0.150. The van der Waals surface area contributed by atoms with Crippen molar-refractivity contribution >= 4 is 23.0 Å². The first-order valence-corrected chi connectivity index (χ1v) is 8.62. The molecule has 9 heteroatoms. The van der Waals surface area contributed by atoms with E-state index in [0.29, 0.717) is 6.07 Å². The molecule has 0 radical (unpaired) electrons. The highest BCUT2D eigenvalue weighted by Gasteiger charge is 2.19. The third-order valence-corrected chi connectivity index (χ3v) is 3.79. The lowest BCUT2D eigenvalue weighted by atomic mass is 9.99. The molecule has 0 aliphatic heterocycles. The van der Waals surface area contributed by atoms with Gasteiger partial charge in [-0.1, -0.05) is 13.8 Å². The molecule has 0 saturated heterocycles. The molecule has 0 fully saturated rings. The van der Waals surface area contributed by atoms with Crippen LogP contribution in [0.2, 0.25) is 0 Å². The summed E-state index contributed by atoms with van der Waals surface area (Å²) < 4.78 is 27.4. The minimum atomic E-state index is -0.915. The lowest BCUT2D eigenvalue weighted by molar-refractivity contribution is 0.582. The summed E-state index contributed by atoms with van der Waals surface area (Å²) in [6.07, 6.45) is 5.52. The molecule has 1 heterocycles. The van der Waals surface area contributed by atoms with Crippen LogP contribution in [-0.4, -0.2) is 27.4 Å². The lowest BCUT2D eigenvalue weighted by Crippen LogP contribution is -2.20. The maximum Gasteiger partial charge on any atom is 0.163 e. The van der Waals surface area contributed by atoms with Gasteiger partial charge in [0.25, 0.3) is 0 Å². The van der Waals surface area contributed by atoms with Gasteiger partial charge in [0, 0.05) is 35.6 Å². The van der Waals surface area contributed by atoms with Crippen molar-refractivity contribution in [3.63, 3.8) is 0 Å². The van der Waals surface area contributed by atoms with E-state index in [1.165, 1.54) is 24.5 Å². The zero-order chi connectivity index (χ0) is 21.6. The molecule has 0 bridgehead atoms. The monoisotopic (exact) mass is 397 g/mol. The zero-order valence-corrected chi connectivity index (χ0v) is 15.9. The Labute approximate surface area is 166 Å². The van der Waals surface area contributed by atoms with Gasteiger partial charge in [-0.3, -0.25) is 10.8 Å². The molecule has 0 aliphatic carbocycles. The van der Waals surface area contributed by atoms with Crippen molar-refractivity contribution in [1.29, 1.82) is 10.8 Å². The normalized spacial score (nSPS) is 12.9. The summed E-state index contributed by atoms with van der Waals surface area (Å²) in [6.45, 7) is 3.68. The smallest absolute Gasteiger partial charge is 0.163 e. The summed E-state index contributed by atoms with van der Waals surface area (Å²) in [5.74, 6) is -1.48. The number of aromatic nitrogens is 2. The number of hydrogen-bond acceptors (Lipinski definition) is 5. The first-order chi connectivity index (χ1) is 13.7. The van der Waals surface area contributed by atoms with E-state index in [1.54, 1.807) is 6.07 Å². The number of halogens is 2. The Hall–Kier alpha value is -3.75. The fourth-order valence-electron chi connectivity index (χ4n) is 2.20. The maximum absolute atomic E-state index is 14.2. The fourth-order valence-corrected chi connectivity index (χ4v) is 2.20. The number of hydrogen-bond donors (Lipinski definition) is 4. The minimum absolute atomic E-state index is 0.00740. The number of rotatable bonds is 6. The van der Waals surface area contributed by atoms with Gasteiger partial charge in [0.2, 0.25) is 0 Å². The second-order valence-corrected chi connectivity index (χ2v) is 6.31. The van der Waals surface area contributed by atoms with Gasteiger partial charge in [0.1, 0.15) is 23.3 Å². The molecule has 0 amide bonds. The van der Waals surface area contributed by atoms with Gasteiger partial charge in [-0.05, 0) is 30.4 Å². The average molecular weight is 397 g/mol. The van der Waals surface area contributed by atoms with Crippen LogP contribution < -0.4 is 11.5 Å². The molecule has 150 valence electrons. The van der Waals surface area contributed by atoms with Crippen LogP contribution >= 0.6 is 0 Å². The number of allylic oxidation sites excluding steroid dienone is 2. The van der Waals surface area contributed by atoms with Crippen molar-refractivity contribution in [2.45, 2.75) is 13.8 Å². The number of benzene rings is 1. The van der Waals surface area contributed by atoms with E-state index in [1.807, 2.05) is 13.8 Å². The molecule has 6 N–H and O–H groups in total. The van der Waals surface area contributed by atoms with E-state index in [4.69, 9.17) is 22.3 Å². The van der Waals surface area contributed by atoms with Crippen molar-refractivity contribution in [3.8, 4) is 0 Å². The molecular formula is C20H21F2N7. The molecule has 1 aromatic heterocycles. The third kappa shape index (κ3) is 5.61. The van der Waals surface area contributed by atoms with Crippen LogP contribution in [0.3, 0.4) is 0 Å². The second kappa shape index (κ2) is 9.45. The highest BCUT2D eigenvalue weighted by atomic mass is 19.1. The summed E-state index contributed by atoms with van der Waals surface area (Å²) >= 11 is 0. The van der Waals surface area contributed by atoms with Crippen LogP contribution in [0.25, 0.3) is 5.57 Å². The van der Waals surface area contributed by atoms with E-state index in [9.17, 15) is 8.78 Å². The zero-order valence-electron chi connectivity index (χ0n) is 15.9. The number of nitrogens with one attached hydrogen (secondary N) is 2. The SMILES string of the molecule is CC(C)C(N)=NC(=N)/C=C\C(N)=C(/C(=N)c1ccc(F)cc1F)c1ncccn1. The molecule has 2 aromatic rings. The van der Waals surface area contributed by atoms with Gasteiger partial charge < -0.3 is 11.5 Å². The van der Waals surface area contributed by atoms with Crippen LogP contribution in [0.4, 0.5) is 8.78 Å². The lowest BCUT2D eigenvalue weighted by Gasteiger charge is -2.11. The van der Waals surface area contributed by atoms with Gasteiger partial charge in [-0.15, -0.1) is 0 Å². The summed E-state index contributed by atoms with van der Waals surface area (Å²) in [7, 11) is 0. The molecule has 1 aromatic carbocycles. The van der Waals surface area contributed by atoms with Gasteiger partial charge in [-0.2, -0.15) is 0 Å². The van der Waals surface area contributed by atoms with Gasteiger partial charge >= 0.3 is 0 Å². The summed E-state index contributed by atoms with van der Waals surface area (Å²) in [4.78, 5) is 12.1. The van der Waals surface area contributed by atoms with Crippen LogP contribution in [0, 0.1) is 28.4 Å². The molecule has 0 atom stereocenters. The van der Waals surface area contributed by atoms with E-state index in [2.05, 4.69) is 15.0 Å². The Morgan fingerprint density at radius 3 is 2.34 bits per heavy atom. The molecular weight excluding hydrogens is 376 g/mol.